The van der Waals surface area contributed by atoms with Gasteiger partial charge in [-0.1, -0.05) is 20.8 Å². The molecule has 3 nitrogen and oxygen atoms in total. The number of carbonyl (C=O) groups excluding carboxylic acids is 1. The first kappa shape index (κ1) is 12.8. The van der Waals surface area contributed by atoms with Gasteiger partial charge >= 0.3 is 0 Å². The maximum Gasteiger partial charge on any atom is 0.163 e. The summed E-state index contributed by atoms with van der Waals surface area (Å²) in [7, 11) is 1.99. The van der Waals surface area contributed by atoms with Gasteiger partial charge in [0.05, 0.1) is 11.0 Å². The van der Waals surface area contributed by atoms with Crippen molar-refractivity contribution in [2.24, 2.45) is 12.5 Å². The quantitative estimate of drug-likeness (QED) is 0.758. The Bertz CT molecular complexity index is 603. The second-order valence-corrected chi connectivity index (χ2v) is 6.08. The van der Waals surface area contributed by atoms with Crippen LogP contribution < -0.4 is 0 Å². The molecule has 96 valence electrons. The zero-order valence-corrected chi connectivity index (χ0v) is 11.7. The highest BCUT2D eigenvalue weighted by Gasteiger charge is 2.18. The lowest BCUT2D eigenvalue weighted by Crippen LogP contribution is -2.12. The van der Waals surface area contributed by atoms with Crippen molar-refractivity contribution in [3.05, 3.63) is 29.6 Å². The van der Waals surface area contributed by atoms with E-state index in [0.717, 1.165) is 22.4 Å². The molecule has 0 aliphatic heterocycles. The van der Waals surface area contributed by atoms with Crippen LogP contribution in [0.3, 0.4) is 0 Å². The lowest BCUT2D eigenvalue weighted by Gasteiger charge is -2.16. The summed E-state index contributed by atoms with van der Waals surface area (Å²) in [5.74, 6) is 1.15. The molecule has 1 aromatic heterocycles. The van der Waals surface area contributed by atoms with Crippen LogP contribution in [0.5, 0.6) is 0 Å². The molecule has 0 unspecified atom stereocenters. The summed E-state index contributed by atoms with van der Waals surface area (Å²) in [4.78, 5) is 16.6. The summed E-state index contributed by atoms with van der Waals surface area (Å²) in [6.45, 7) is 8.20. The topological polar surface area (TPSA) is 34.9 Å². The predicted octanol–water partition coefficient (Wildman–Crippen LogP) is 3.50. The minimum absolute atomic E-state index is 0.0199. The molecule has 2 rings (SSSR count). The Morgan fingerprint density at radius 1 is 1.33 bits per heavy atom. The molecule has 0 spiro atoms. The average molecular weight is 244 g/mol. The fraction of sp³-hybridized carbons (Fsp3) is 0.467. The van der Waals surface area contributed by atoms with Crippen molar-refractivity contribution in [2.45, 2.75) is 34.1 Å². The number of aryl methyl sites for hydroxylation is 2. The van der Waals surface area contributed by atoms with Crippen molar-refractivity contribution in [2.75, 3.05) is 0 Å². The SMILES string of the molecule is Cc1nc2cc(C(=O)CC(C)(C)C)ccc2n1C. The largest absolute Gasteiger partial charge is 0.331 e. The summed E-state index contributed by atoms with van der Waals surface area (Å²) in [6, 6.07) is 5.78. The minimum atomic E-state index is 0.0199. The number of imidazole rings is 1. The van der Waals surface area contributed by atoms with Crippen molar-refractivity contribution >= 4 is 16.8 Å². The van der Waals surface area contributed by atoms with Gasteiger partial charge in [-0.2, -0.15) is 0 Å². The number of aromatic nitrogens is 2. The summed E-state index contributed by atoms with van der Waals surface area (Å²) in [6.07, 6.45) is 0.560. The second-order valence-electron chi connectivity index (χ2n) is 6.08. The lowest BCUT2D eigenvalue weighted by atomic mass is 9.88. The van der Waals surface area contributed by atoms with E-state index in [-0.39, 0.29) is 11.2 Å². The third-order valence-electron chi connectivity index (χ3n) is 3.12. The first-order valence-electron chi connectivity index (χ1n) is 6.24. The summed E-state index contributed by atoms with van der Waals surface area (Å²) >= 11 is 0. The molecule has 0 N–H and O–H groups in total. The first-order valence-corrected chi connectivity index (χ1v) is 6.24. The highest BCUT2D eigenvalue weighted by atomic mass is 16.1. The molecule has 0 atom stereocenters. The van der Waals surface area contributed by atoms with E-state index < -0.39 is 0 Å². The van der Waals surface area contributed by atoms with Crippen LogP contribution in [-0.2, 0) is 7.05 Å². The number of benzene rings is 1. The van der Waals surface area contributed by atoms with Crippen molar-refractivity contribution in [3.63, 3.8) is 0 Å². The van der Waals surface area contributed by atoms with E-state index in [1.807, 2.05) is 36.7 Å². The maximum absolute atomic E-state index is 12.2. The Morgan fingerprint density at radius 3 is 2.61 bits per heavy atom. The normalized spacial score (nSPS) is 12.1. The highest BCUT2D eigenvalue weighted by molar-refractivity contribution is 5.99. The Labute approximate surface area is 108 Å². The smallest absolute Gasteiger partial charge is 0.163 e. The van der Waals surface area contributed by atoms with Gasteiger partial charge in [0.1, 0.15) is 5.82 Å². The number of carbonyl (C=O) groups is 1. The second kappa shape index (κ2) is 4.23. The molecule has 0 saturated carbocycles. The van der Waals surface area contributed by atoms with Crippen molar-refractivity contribution < 1.29 is 4.79 Å². The molecule has 0 aliphatic carbocycles. The van der Waals surface area contributed by atoms with Gasteiger partial charge < -0.3 is 4.57 Å². The number of hydrogen-bond acceptors (Lipinski definition) is 2. The zero-order chi connectivity index (χ0) is 13.5. The van der Waals surface area contributed by atoms with Crippen molar-refractivity contribution in [1.29, 1.82) is 0 Å². The van der Waals surface area contributed by atoms with E-state index in [0.29, 0.717) is 6.42 Å². The van der Waals surface area contributed by atoms with Crippen molar-refractivity contribution in [3.8, 4) is 0 Å². The number of hydrogen-bond donors (Lipinski definition) is 0. The molecule has 3 heteroatoms. The molecule has 1 heterocycles. The molecule has 0 saturated heterocycles. The van der Waals surface area contributed by atoms with Gasteiger partial charge in [0.25, 0.3) is 0 Å². The van der Waals surface area contributed by atoms with E-state index in [4.69, 9.17) is 0 Å². The van der Waals surface area contributed by atoms with Crippen LogP contribution in [0.15, 0.2) is 18.2 Å². The van der Waals surface area contributed by atoms with E-state index in [1.165, 1.54) is 0 Å². The molecule has 1 aromatic carbocycles. The summed E-state index contributed by atoms with van der Waals surface area (Å²) in [5, 5.41) is 0. The molecule has 0 bridgehead atoms. The zero-order valence-electron chi connectivity index (χ0n) is 11.7. The number of Topliss-reactive ketones (excluding diaryl/α,β-unsaturated/α-hetero) is 1. The van der Waals surface area contributed by atoms with Crippen LogP contribution in [0.1, 0.15) is 43.4 Å². The minimum Gasteiger partial charge on any atom is -0.331 e. The average Bonchev–Trinajstić information content (AvgIpc) is 2.52. The standard InChI is InChI=1S/C15H20N2O/c1-10-16-12-8-11(6-7-13(12)17(10)5)14(18)9-15(2,3)4/h6-8H,9H2,1-5H3. The van der Waals surface area contributed by atoms with Crippen LogP contribution in [0.25, 0.3) is 11.0 Å². The van der Waals surface area contributed by atoms with Crippen LogP contribution >= 0.6 is 0 Å². The third kappa shape index (κ3) is 2.45. The Kier molecular flexibility index (Phi) is 3.01. The van der Waals surface area contributed by atoms with Gasteiger partial charge in [0, 0.05) is 19.0 Å². The number of ketones is 1. The van der Waals surface area contributed by atoms with Gasteiger partial charge in [0.15, 0.2) is 5.78 Å². The summed E-state index contributed by atoms with van der Waals surface area (Å²) < 4.78 is 2.04. The highest BCUT2D eigenvalue weighted by Crippen LogP contribution is 2.23. The van der Waals surface area contributed by atoms with Gasteiger partial charge in [-0.15, -0.1) is 0 Å². The number of rotatable bonds is 2. The molecule has 0 amide bonds. The lowest BCUT2D eigenvalue weighted by molar-refractivity contribution is 0.0940. The maximum atomic E-state index is 12.2. The van der Waals surface area contributed by atoms with Gasteiger partial charge in [-0.3, -0.25) is 4.79 Å². The molecule has 18 heavy (non-hydrogen) atoms. The van der Waals surface area contributed by atoms with Crippen LogP contribution in [0, 0.1) is 12.3 Å². The van der Waals surface area contributed by atoms with Crippen LogP contribution in [0.4, 0.5) is 0 Å². The molecular formula is C15H20N2O. The molecular weight excluding hydrogens is 224 g/mol. The fourth-order valence-corrected chi connectivity index (χ4v) is 2.08. The van der Waals surface area contributed by atoms with Crippen LogP contribution in [0.2, 0.25) is 0 Å². The summed E-state index contributed by atoms with van der Waals surface area (Å²) in [5.41, 5.74) is 2.75. The predicted molar refractivity (Wildman–Crippen MR) is 73.9 cm³/mol. The van der Waals surface area contributed by atoms with E-state index >= 15 is 0 Å². The third-order valence-corrected chi connectivity index (χ3v) is 3.12. The first-order chi connectivity index (χ1) is 8.28. The molecule has 0 fully saturated rings. The number of fused-ring (bicyclic) bond motifs is 1. The Morgan fingerprint density at radius 2 is 2.00 bits per heavy atom. The van der Waals surface area contributed by atoms with Gasteiger partial charge in [0.2, 0.25) is 0 Å². The van der Waals surface area contributed by atoms with Gasteiger partial charge in [-0.25, -0.2) is 4.98 Å². The molecule has 2 aromatic rings. The van der Waals surface area contributed by atoms with E-state index in [9.17, 15) is 4.79 Å². The van der Waals surface area contributed by atoms with Crippen molar-refractivity contribution in [1.82, 2.24) is 9.55 Å². The molecule has 0 radical (unpaired) electrons. The van der Waals surface area contributed by atoms with Gasteiger partial charge in [-0.05, 0) is 30.5 Å². The number of nitrogens with zero attached hydrogens (tertiary/aromatic N) is 2. The van der Waals surface area contributed by atoms with Crippen LogP contribution in [-0.4, -0.2) is 15.3 Å². The fourth-order valence-electron chi connectivity index (χ4n) is 2.08. The van der Waals surface area contributed by atoms with E-state index in [1.54, 1.807) is 0 Å². The molecule has 0 aliphatic rings. The van der Waals surface area contributed by atoms with E-state index in [2.05, 4.69) is 25.8 Å². The Balaban J connectivity index is 2.39. The monoisotopic (exact) mass is 244 g/mol. The Hall–Kier alpha value is -1.64.